The van der Waals surface area contributed by atoms with Crippen molar-refractivity contribution in [2.24, 2.45) is 5.41 Å². The van der Waals surface area contributed by atoms with Crippen molar-refractivity contribution in [3.63, 3.8) is 0 Å². The van der Waals surface area contributed by atoms with Crippen molar-refractivity contribution in [1.29, 1.82) is 0 Å². The lowest BCUT2D eigenvalue weighted by atomic mass is 9.71. The highest BCUT2D eigenvalue weighted by Crippen LogP contribution is 2.44. The van der Waals surface area contributed by atoms with Gasteiger partial charge >= 0.3 is 0 Å². The molecule has 1 aliphatic carbocycles. The van der Waals surface area contributed by atoms with Gasteiger partial charge in [0.25, 0.3) is 17.7 Å². The van der Waals surface area contributed by atoms with Gasteiger partial charge in [-0.05, 0) is 74.1 Å². The zero-order valence-corrected chi connectivity index (χ0v) is 34.5. The number of imide groups is 2. The average Bonchev–Trinajstić information content (AvgIpc) is 3.97. The number of benzene rings is 1. The van der Waals surface area contributed by atoms with Crippen LogP contribution in [0.1, 0.15) is 105 Å². The Labute approximate surface area is 356 Å². The minimum Gasteiger partial charge on any atom is -0.370 e. The van der Waals surface area contributed by atoms with Gasteiger partial charge in [-0.3, -0.25) is 44.2 Å². The largest absolute Gasteiger partial charge is 0.370 e. The van der Waals surface area contributed by atoms with Gasteiger partial charge < -0.3 is 29.5 Å². The summed E-state index contributed by atoms with van der Waals surface area (Å²) < 4.78 is 2.08. The zero-order valence-electron chi connectivity index (χ0n) is 34.5. The van der Waals surface area contributed by atoms with Gasteiger partial charge in [-0.25, -0.2) is 9.97 Å². The number of carbonyl (C=O) groups is 7. The fraction of sp³-hybridized carbons (Fsp3) is 0.442. The Balaban J connectivity index is 0.000000803. The normalized spacial score (nSPS) is 19.5. The Morgan fingerprint density at radius 1 is 0.967 bits per heavy atom. The average molecular weight is 838 g/mol. The second kappa shape index (κ2) is 16.7. The number of hydrogen-bond donors (Lipinski definition) is 3. The number of nitrogens with one attached hydrogen (secondary N) is 3. The van der Waals surface area contributed by atoms with E-state index in [0.717, 1.165) is 73.9 Å². The van der Waals surface area contributed by atoms with Gasteiger partial charge in [-0.2, -0.15) is 4.98 Å². The van der Waals surface area contributed by atoms with E-state index in [1.165, 1.54) is 6.92 Å². The maximum absolute atomic E-state index is 13.5. The van der Waals surface area contributed by atoms with Crippen molar-refractivity contribution in [1.82, 2.24) is 44.9 Å². The number of amides is 7. The molecule has 0 bridgehead atoms. The number of piperidine rings is 2. The Kier molecular flexibility index (Phi) is 11.3. The lowest BCUT2D eigenvalue weighted by Gasteiger charge is -2.55. The van der Waals surface area contributed by atoms with E-state index >= 15 is 0 Å². The number of nitrogens with zero attached hydrogens (tertiary/aromatic N) is 8. The summed E-state index contributed by atoms with van der Waals surface area (Å²) in [6.07, 6.45) is 10.3. The van der Waals surface area contributed by atoms with Crippen LogP contribution in [0.25, 0.3) is 11.0 Å². The monoisotopic (exact) mass is 837 g/mol. The molecule has 3 aromatic heterocycles. The van der Waals surface area contributed by atoms with Crippen LogP contribution >= 0.6 is 0 Å². The predicted molar refractivity (Wildman–Crippen MR) is 229 cm³/mol. The van der Waals surface area contributed by atoms with E-state index in [0.29, 0.717) is 61.1 Å². The summed E-state index contributed by atoms with van der Waals surface area (Å²) in [5.41, 5.74) is 4.57. The number of aromatic nitrogens is 4. The Morgan fingerprint density at radius 2 is 1.72 bits per heavy atom. The van der Waals surface area contributed by atoms with E-state index in [1.54, 1.807) is 48.4 Å². The summed E-state index contributed by atoms with van der Waals surface area (Å²) in [5.74, 6) is -0.403. The highest BCUT2D eigenvalue weighted by molar-refractivity contribution is 6.05. The number of pyridine rings is 1. The van der Waals surface area contributed by atoms with Crippen LogP contribution in [0.15, 0.2) is 48.8 Å². The van der Waals surface area contributed by atoms with E-state index in [-0.39, 0.29) is 51.7 Å². The van der Waals surface area contributed by atoms with Gasteiger partial charge in [-0.1, -0.05) is 12.8 Å². The van der Waals surface area contributed by atoms with Crippen LogP contribution in [-0.4, -0.2) is 122 Å². The maximum Gasteiger partial charge on any atom is 0.270 e. The van der Waals surface area contributed by atoms with Crippen molar-refractivity contribution in [3.05, 3.63) is 71.2 Å². The standard InChI is InChI=1S/C40H44N10O5.C3H5NO2.3H2/c1-46(2)38(55)31-18-25-20-42-39(45-34(25)50(31)27-5-3-4-6-27)43-32-11-7-24(19-41-32)36(53)47-15-13-40(14-16-47)22-48(23-40)28-8-9-29-26(17-28)21-49(37(29)54)30-10-12-33(51)44-35(30)52;1-3(6)4-2-5;;;/h7-9,11,17-20,27,30H,3-6,10,12-16,21-23H2,1-2H3,(H,44,51,52)(H,41,42,43,45);2H,1H3,(H,4,5,6);3*1H/t30-;;;;/m1..../s1. The molecule has 1 aromatic carbocycles. The van der Waals surface area contributed by atoms with Crippen LogP contribution in [0.3, 0.4) is 0 Å². The smallest absolute Gasteiger partial charge is 0.270 e. The molecule has 18 nitrogen and oxygen atoms in total. The lowest BCUT2D eigenvalue weighted by Crippen LogP contribution is -2.61. The summed E-state index contributed by atoms with van der Waals surface area (Å²) in [4.78, 5) is 104. The second-order valence-corrected chi connectivity index (χ2v) is 16.8. The van der Waals surface area contributed by atoms with Gasteiger partial charge in [0.1, 0.15) is 23.2 Å². The van der Waals surface area contributed by atoms with Crippen molar-refractivity contribution >= 4 is 70.3 Å². The number of likely N-dealkylation sites (tertiary alicyclic amines) is 1. The van der Waals surface area contributed by atoms with E-state index in [2.05, 4.69) is 36.1 Å². The van der Waals surface area contributed by atoms with Crippen LogP contribution in [-0.2, 0) is 25.7 Å². The molecule has 1 saturated carbocycles. The quantitative estimate of drug-likeness (QED) is 0.170. The molecule has 3 saturated heterocycles. The first-order valence-corrected chi connectivity index (χ1v) is 20.7. The zero-order chi connectivity index (χ0) is 43.0. The van der Waals surface area contributed by atoms with Crippen LogP contribution in [0.2, 0.25) is 0 Å². The van der Waals surface area contributed by atoms with Crippen LogP contribution in [0.5, 0.6) is 0 Å². The summed E-state index contributed by atoms with van der Waals surface area (Å²) in [6.45, 7) is 4.73. The summed E-state index contributed by atoms with van der Waals surface area (Å²) in [6, 6.07) is 10.9. The highest BCUT2D eigenvalue weighted by Gasteiger charge is 2.46. The number of hydrogen-bond acceptors (Lipinski definition) is 12. The molecule has 7 amide bonds. The van der Waals surface area contributed by atoms with E-state index in [4.69, 9.17) is 4.98 Å². The van der Waals surface area contributed by atoms with Crippen LogP contribution < -0.4 is 20.9 Å². The minimum absolute atomic E-state index is 0. The minimum atomic E-state index is -0.626. The lowest BCUT2D eigenvalue weighted by molar-refractivity contribution is -0.137. The van der Waals surface area contributed by atoms with E-state index in [1.807, 2.05) is 28.4 Å². The molecule has 0 radical (unpaired) electrons. The Morgan fingerprint density at radius 3 is 2.36 bits per heavy atom. The summed E-state index contributed by atoms with van der Waals surface area (Å²) in [5, 5.41) is 8.25. The van der Waals surface area contributed by atoms with Crippen molar-refractivity contribution in [2.75, 3.05) is 50.5 Å². The van der Waals surface area contributed by atoms with Gasteiger partial charge in [0.15, 0.2) is 0 Å². The van der Waals surface area contributed by atoms with Gasteiger partial charge in [0.05, 0.1) is 5.56 Å². The molecule has 7 heterocycles. The molecule has 3 N–H and O–H groups in total. The fourth-order valence-electron chi connectivity index (χ4n) is 9.17. The molecule has 1 spiro atoms. The first-order chi connectivity index (χ1) is 29.3. The molecule has 18 heteroatoms. The molecular formula is C43H55N11O7. The number of anilines is 3. The van der Waals surface area contributed by atoms with Gasteiger partial charge in [0.2, 0.25) is 30.1 Å². The molecule has 4 fully saturated rings. The van der Waals surface area contributed by atoms with E-state index < -0.39 is 11.9 Å². The molecule has 324 valence electrons. The van der Waals surface area contributed by atoms with Crippen molar-refractivity contribution < 1.29 is 37.8 Å². The Hall–Kier alpha value is -6.72. The molecule has 4 aromatic rings. The third-order valence-electron chi connectivity index (χ3n) is 12.4. The first-order valence-electron chi connectivity index (χ1n) is 20.7. The molecular weight excluding hydrogens is 783 g/mol. The number of carbonyl (C=O) groups excluding carboxylic acids is 7. The van der Waals surface area contributed by atoms with Gasteiger partial charge in [0, 0.05) is 105 Å². The maximum atomic E-state index is 13.5. The summed E-state index contributed by atoms with van der Waals surface area (Å²) in [7, 11) is 3.51. The molecule has 0 unspecified atom stereocenters. The van der Waals surface area contributed by atoms with Crippen LogP contribution in [0.4, 0.5) is 17.5 Å². The molecule has 9 rings (SSSR count). The molecule has 5 aliphatic rings. The number of rotatable bonds is 8. The Bertz CT molecular complexity index is 2430. The fourth-order valence-corrected chi connectivity index (χ4v) is 9.17. The molecule has 1 atom stereocenters. The van der Waals surface area contributed by atoms with Crippen molar-refractivity contribution in [2.45, 2.75) is 76.9 Å². The first kappa shape index (κ1) is 41.0. The third-order valence-corrected chi connectivity index (χ3v) is 12.4. The van der Waals surface area contributed by atoms with Crippen molar-refractivity contribution in [3.8, 4) is 0 Å². The SMILES string of the molecule is CC(=O)NC=O.CN(C)C(=O)c1cc2cnc(Nc3ccc(C(=O)N4CCC5(CC4)CN(c4ccc6c(c4)CN([C@@H]4CCC(=O)NC4=O)C6=O)C5)cn3)nc2n1C1CCCC1.[HH].[HH].[HH]. The molecule has 4 aliphatic heterocycles. The van der Waals surface area contributed by atoms with Gasteiger partial charge in [-0.15, -0.1) is 0 Å². The third kappa shape index (κ3) is 8.25. The second-order valence-electron chi connectivity index (χ2n) is 16.8. The van der Waals surface area contributed by atoms with E-state index in [9.17, 15) is 33.6 Å². The van der Waals surface area contributed by atoms with Crippen LogP contribution in [0, 0.1) is 5.41 Å². The predicted octanol–water partition coefficient (Wildman–Crippen LogP) is 3.91. The molecule has 61 heavy (non-hydrogen) atoms. The topological polar surface area (TPSA) is 212 Å². The highest BCUT2D eigenvalue weighted by atomic mass is 16.2. The summed E-state index contributed by atoms with van der Waals surface area (Å²) >= 11 is 0. The number of fused-ring (bicyclic) bond motifs is 2.